The van der Waals surface area contributed by atoms with Crippen molar-refractivity contribution >= 4 is 23.5 Å². The first kappa shape index (κ1) is 22.1. The number of carbonyl (C=O) groups excluding carboxylic acids is 2. The largest absolute Gasteiger partial charge is 0.447 e. The molecule has 0 aliphatic carbocycles. The van der Waals surface area contributed by atoms with Gasteiger partial charge in [0.2, 0.25) is 0 Å². The Kier molecular flexibility index (Phi) is 7.10. The van der Waals surface area contributed by atoms with Gasteiger partial charge in [0.25, 0.3) is 5.91 Å². The number of piperidine rings is 1. The van der Waals surface area contributed by atoms with E-state index in [2.05, 4.69) is 16.3 Å². The number of carbonyl (C=O) groups is 2. The summed E-state index contributed by atoms with van der Waals surface area (Å²) < 4.78 is 24.8. The van der Waals surface area contributed by atoms with Crippen LogP contribution in [0.25, 0.3) is 0 Å². The summed E-state index contributed by atoms with van der Waals surface area (Å²) in [6.45, 7) is 1.16. The minimum absolute atomic E-state index is 0.147. The average molecular weight is 429 g/mol. The number of halogens is 1. The van der Waals surface area contributed by atoms with Crippen LogP contribution in [0.3, 0.4) is 0 Å². The number of rotatable bonds is 7. The topological polar surface area (TPSA) is 112 Å². The lowest BCUT2D eigenvalue weighted by Crippen LogP contribution is -2.45. The second-order valence-corrected chi connectivity index (χ2v) is 7.05. The Balaban J connectivity index is 1.83. The second kappa shape index (κ2) is 9.95. The number of hydrogen-bond acceptors (Lipinski definition) is 6. The zero-order valence-corrected chi connectivity index (χ0v) is 17.1. The number of ether oxygens (including phenoxy) is 2. The lowest BCUT2D eigenvalue weighted by atomic mass is 9.92. The minimum atomic E-state index is -0.681. The van der Waals surface area contributed by atoms with Gasteiger partial charge in [0.1, 0.15) is 18.0 Å². The molecule has 1 aliphatic heterocycles. The summed E-state index contributed by atoms with van der Waals surface area (Å²) in [4.78, 5) is 25.9. The van der Waals surface area contributed by atoms with E-state index >= 15 is 0 Å². The molecule has 3 N–H and O–H groups in total. The van der Waals surface area contributed by atoms with Gasteiger partial charge < -0.3 is 25.4 Å². The Labute approximate surface area is 179 Å². The standard InChI is InChI=1S/C21H24FN5O4/c1-3-14-8-9-26(21(29)31-11-10-30-2)13-18(14)27-12-17(19(23)28)20(25-27)24-16-6-4-15(22)5-7-16/h1,4-7,12,14,18H,8-11,13H2,2H3,(H2,23,28)(H,24,25)/t14?,18-/m1/s1. The van der Waals surface area contributed by atoms with E-state index in [0.717, 1.165) is 0 Å². The number of amides is 2. The van der Waals surface area contributed by atoms with Crippen molar-refractivity contribution in [3.05, 3.63) is 41.8 Å². The number of anilines is 2. The number of nitrogens with one attached hydrogen (secondary N) is 1. The highest BCUT2D eigenvalue weighted by Gasteiger charge is 2.34. The predicted molar refractivity (Wildman–Crippen MR) is 111 cm³/mol. The van der Waals surface area contributed by atoms with E-state index in [9.17, 15) is 14.0 Å². The van der Waals surface area contributed by atoms with Crippen molar-refractivity contribution in [3.8, 4) is 12.3 Å². The number of nitrogens with two attached hydrogens (primary N) is 1. The Morgan fingerprint density at radius 3 is 2.74 bits per heavy atom. The van der Waals surface area contributed by atoms with E-state index in [1.165, 1.54) is 37.6 Å². The molecule has 1 fully saturated rings. The summed E-state index contributed by atoms with van der Waals surface area (Å²) >= 11 is 0. The summed E-state index contributed by atoms with van der Waals surface area (Å²) in [6, 6.07) is 5.22. The van der Waals surface area contributed by atoms with Crippen LogP contribution >= 0.6 is 0 Å². The third-order valence-electron chi connectivity index (χ3n) is 5.01. The van der Waals surface area contributed by atoms with Crippen LogP contribution in [-0.4, -0.2) is 60.1 Å². The highest BCUT2D eigenvalue weighted by Crippen LogP contribution is 2.30. The summed E-state index contributed by atoms with van der Waals surface area (Å²) in [7, 11) is 1.52. The highest BCUT2D eigenvalue weighted by atomic mass is 19.1. The summed E-state index contributed by atoms with van der Waals surface area (Å²) in [5.41, 5.74) is 6.21. The maximum Gasteiger partial charge on any atom is 0.409 e. The first-order valence-electron chi connectivity index (χ1n) is 9.71. The molecule has 2 aromatic rings. The molecule has 31 heavy (non-hydrogen) atoms. The van der Waals surface area contributed by atoms with Crippen LogP contribution in [0.15, 0.2) is 30.5 Å². The zero-order valence-electron chi connectivity index (χ0n) is 17.1. The molecular formula is C21H24FN5O4. The van der Waals surface area contributed by atoms with Gasteiger partial charge in [-0.15, -0.1) is 12.3 Å². The number of likely N-dealkylation sites (tertiary alicyclic amines) is 1. The number of methoxy groups -OCH3 is 1. The van der Waals surface area contributed by atoms with Crippen molar-refractivity contribution in [2.75, 3.05) is 38.7 Å². The number of benzene rings is 1. The first-order valence-corrected chi connectivity index (χ1v) is 9.71. The molecule has 1 aromatic heterocycles. The lowest BCUT2D eigenvalue weighted by molar-refractivity contribution is 0.0558. The number of aromatic nitrogens is 2. The van der Waals surface area contributed by atoms with Gasteiger partial charge in [-0.05, 0) is 30.7 Å². The molecule has 1 unspecified atom stereocenters. The summed E-state index contributed by atoms with van der Waals surface area (Å²) in [5, 5.41) is 7.43. The Morgan fingerprint density at radius 2 is 2.10 bits per heavy atom. The molecule has 1 aliphatic rings. The fraction of sp³-hybridized carbons (Fsp3) is 0.381. The van der Waals surface area contributed by atoms with Gasteiger partial charge in [-0.25, -0.2) is 9.18 Å². The SMILES string of the molecule is C#CC1CCN(C(=O)OCCOC)C[C@H]1n1cc(C(N)=O)c(Nc2ccc(F)cc2)n1. The monoisotopic (exact) mass is 429 g/mol. The molecule has 2 atom stereocenters. The van der Waals surface area contributed by atoms with E-state index in [4.69, 9.17) is 21.6 Å². The van der Waals surface area contributed by atoms with Crippen LogP contribution < -0.4 is 11.1 Å². The smallest absolute Gasteiger partial charge is 0.409 e. The Hall–Kier alpha value is -3.58. The van der Waals surface area contributed by atoms with E-state index in [0.29, 0.717) is 25.3 Å². The van der Waals surface area contributed by atoms with Crippen LogP contribution in [0, 0.1) is 24.1 Å². The molecule has 3 rings (SSSR count). The number of terminal acetylenes is 1. The van der Waals surface area contributed by atoms with Gasteiger partial charge in [0.05, 0.1) is 12.6 Å². The molecule has 2 heterocycles. The maximum atomic E-state index is 13.2. The minimum Gasteiger partial charge on any atom is -0.447 e. The van der Waals surface area contributed by atoms with Crippen LogP contribution in [0.4, 0.5) is 20.7 Å². The second-order valence-electron chi connectivity index (χ2n) is 7.05. The van der Waals surface area contributed by atoms with E-state index in [1.54, 1.807) is 9.58 Å². The molecule has 0 radical (unpaired) electrons. The predicted octanol–water partition coefficient (Wildman–Crippen LogP) is 2.14. The number of hydrogen-bond donors (Lipinski definition) is 2. The molecular weight excluding hydrogens is 405 g/mol. The summed E-state index contributed by atoms with van der Waals surface area (Å²) in [5.74, 6) is 1.68. The fourth-order valence-electron chi connectivity index (χ4n) is 3.37. The van der Waals surface area contributed by atoms with Gasteiger partial charge in [-0.2, -0.15) is 5.10 Å². The third kappa shape index (κ3) is 5.32. The number of nitrogens with zero attached hydrogens (tertiary/aromatic N) is 3. The van der Waals surface area contributed by atoms with Crippen molar-refractivity contribution < 1.29 is 23.5 Å². The van der Waals surface area contributed by atoms with Gasteiger partial charge in [-0.1, -0.05) is 0 Å². The van der Waals surface area contributed by atoms with Crippen LogP contribution in [0.2, 0.25) is 0 Å². The lowest BCUT2D eigenvalue weighted by Gasteiger charge is -2.35. The molecule has 10 heteroatoms. The Morgan fingerprint density at radius 1 is 1.35 bits per heavy atom. The molecule has 0 saturated carbocycles. The first-order chi connectivity index (χ1) is 14.9. The quantitative estimate of drug-likeness (QED) is 0.515. The number of primary amides is 1. The molecule has 9 nitrogen and oxygen atoms in total. The van der Waals surface area contributed by atoms with E-state index < -0.39 is 12.0 Å². The van der Waals surface area contributed by atoms with E-state index in [-0.39, 0.29) is 42.3 Å². The molecule has 1 aromatic carbocycles. The normalized spacial score (nSPS) is 18.3. The fourth-order valence-corrected chi connectivity index (χ4v) is 3.37. The molecule has 0 spiro atoms. The van der Waals surface area contributed by atoms with Crippen molar-refractivity contribution in [3.63, 3.8) is 0 Å². The molecule has 1 saturated heterocycles. The van der Waals surface area contributed by atoms with Crippen molar-refractivity contribution in [1.82, 2.24) is 14.7 Å². The van der Waals surface area contributed by atoms with Crippen LogP contribution in [0.5, 0.6) is 0 Å². The van der Waals surface area contributed by atoms with Crippen LogP contribution in [-0.2, 0) is 9.47 Å². The zero-order chi connectivity index (χ0) is 22.4. The molecule has 2 amide bonds. The van der Waals surface area contributed by atoms with Crippen molar-refractivity contribution in [2.24, 2.45) is 11.7 Å². The Bertz CT molecular complexity index is 969. The highest BCUT2D eigenvalue weighted by molar-refractivity contribution is 5.98. The third-order valence-corrected chi connectivity index (χ3v) is 5.01. The summed E-state index contributed by atoms with van der Waals surface area (Å²) in [6.07, 6.45) is 7.29. The van der Waals surface area contributed by atoms with Crippen molar-refractivity contribution in [2.45, 2.75) is 12.5 Å². The molecule has 164 valence electrons. The van der Waals surface area contributed by atoms with Gasteiger partial charge in [0.15, 0.2) is 5.82 Å². The average Bonchev–Trinajstić information content (AvgIpc) is 3.19. The van der Waals surface area contributed by atoms with Gasteiger partial charge in [0, 0.05) is 38.0 Å². The van der Waals surface area contributed by atoms with Gasteiger partial charge >= 0.3 is 6.09 Å². The molecule has 0 bridgehead atoms. The van der Waals surface area contributed by atoms with E-state index in [1.807, 2.05) is 0 Å². The van der Waals surface area contributed by atoms with Gasteiger partial charge in [-0.3, -0.25) is 9.48 Å². The van der Waals surface area contributed by atoms with Crippen LogP contribution in [0.1, 0.15) is 22.8 Å². The van der Waals surface area contributed by atoms with Crippen molar-refractivity contribution in [1.29, 1.82) is 0 Å². The maximum absolute atomic E-state index is 13.2.